The number of carbonyl (C=O) groups is 2. The Morgan fingerprint density at radius 3 is 2.35 bits per heavy atom. The van der Waals surface area contributed by atoms with Gasteiger partial charge in [0.2, 0.25) is 5.78 Å². The van der Waals surface area contributed by atoms with Crippen LogP contribution in [-0.2, 0) is 4.74 Å². The highest BCUT2D eigenvalue weighted by molar-refractivity contribution is 5.98. The molecule has 0 aliphatic rings. The second-order valence-corrected chi connectivity index (χ2v) is 4.86. The van der Waals surface area contributed by atoms with Gasteiger partial charge in [0.25, 0.3) is 0 Å². The molecule has 1 heterocycles. The highest BCUT2D eigenvalue weighted by Crippen LogP contribution is 2.17. The average molecular weight is 271 g/mol. The van der Waals surface area contributed by atoms with Crippen molar-refractivity contribution in [1.29, 1.82) is 0 Å². The number of carbonyl (C=O) groups excluding carboxylic acids is 2. The van der Waals surface area contributed by atoms with Crippen LogP contribution in [0.3, 0.4) is 0 Å². The van der Waals surface area contributed by atoms with E-state index in [9.17, 15) is 9.59 Å². The van der Waals surface area contributed by atoms with Crippen LogP contribution in [0.25, 0.3) is 0 Å². The van der Waals surface area contributed by atoms with E-state index in [0.717, 1.165) is 16.7 Å². The minimum absolute atomic E-state index is 0.245. The number of nitrogens with one attached hydrogen (secondary N) is 1. The van der Waals surface area contributed by atoms with Crippen molar-refractivity contribution >= 4 is 11.8 Å². The predicted octanol–water partition coefficient (Wildman–Crippen LogP) is 2.98. The number of H-pyrrole nitrogens is 1. The molecule has 20 heavy (non-hydrogen) atoms. The van der Waals surface area contributed by atoms with Crippen LogP contribution in [0.15, 0.2) is 30.5 Å². The summed E-state index contributed by atoms with van der Waals surface area (Å²) in [6, 6.07) is 7.23. The van der Waals surface area contributed by atoms with E-state index in [4.69, 9.17) is 4.74 Å². The Balaban J connectivity index is 2.08. The van der Waals surface area contributed by atoms with Gasteiger partial charge >= 0.3 is 5.97 Å². The number of esters is 1. The van der Waals surface area contributed by atoms with Gasteiger partial charge in [0.1, 0.15) is 0 Å². The molecule has 4 heteroatoms. The van der Waals surface area contributed by atoms with E-state index in [-0.39, 0.29) is 12.4 Å². The molecule has 0 spiro atoms. The van der Waals surface area contributed by atoms with Crippen LogP contribution in [-0.4, -0.2) is 23.3 Å². The number of hydrogen-bond donors (Lipinski definition) is 1. The highest BCUT2D eigenvalue weighted by Gasteiger charge is 2.16. The van der Waals surface area contributed by atoms with Gasteiger partial charge in [-0.3, -0.25) is 4.79 Å². The smallest absolute Gasteiger partial charge is 0.339 e. The summed E-state index contributed by atoms with van der Waals surface area (Å²) in [6.45, 7) is 5.45. The first kappa shape index (κ1) is 14.1. The first-order valence-corrected chi connectivity index (χ1v) is 6.40. The zero-order valence-electron chi connectivity index (χ0n) is 11.8. The Labute approximate surface area is 117 Å². The number of benzene rings is 1. The monoisotopic (exact) mass is 271 g/mol. The zero-order valence-corrected chi connectivity index (χ0v) is 11.8. The van der Waals surface area contributed by atoms with Crippen molar-refractivity contribution in [3.05, 3.63) is 58.4 Å². The summed E-state index contributed by atoms with van der Waals surface area (Å²) < 4.78 is 5.11. The van der Waals surface area contributed by atoms with Crippen molar-refractivity contribution in [3.63, 3.8) is 0 Å². The van der Waals surface area contributed by atoms with Gasteiger partial charge in [-0.05, 0) is 44.0 Å². The molecular formula is C16H17NO3. The molecule has 0 atom stereocenters. The third-order valence-corrected chi connectivity index (χ3v) is 3.11. The first-order valence-electron chi connectivity index (χ1n) is 6.40. The lowest BCUT2D eigenvalue weighted by Gasteiger charge is -2.10. The predicted molar refractivity (Wildman–Crippen MR) is 76.1 cm³/mol. The molecule has 4 nitrogen and oxygen atoms in total. The quantitative estimate of drug-likeness (QED) is 0.687. The van der Waals surface area contributed by atoms with Crippen molar-refractivity contribution in [1.82, 2.24) is 4.98 Å². The molecule has 1 aromatic carbocycles. The summed E-state index contributed by atoms with van der Waals surface area (Å²) in [5.74, 6) is -0.703. The molecule has 2 rings (SSSR count). The Morgan fingerprint density at radius 2 is 1.80 bits per heavy atom. The number of Topliss-reactive ketones (excluding diaryl/α,β-unsaturated/α-hetero) is 1. The van der Waals surface area contributed by atoms with Gasteiger partial charge in [-0.1, -0.05) is 17.7 Å². The van der Waals surface area contributed by atoms with E-state index in [2.05, 4.69) is 4.98 Å². The summed E-state index contributed by atoms with van der Waals surface area (Å²) in [5.41, 5.74) is 3.80. The van der Waals surface area contributed by atoms with Crippen molar-refractivity contribution < 1.29 is 14.3 Å². The molecule has 1 aromatic heterocycles. The lowest BCUT2D eigenvalue weighted by Crippen LogP contribution is -2.16. The molecule has 1 N–H and O–H groups in total. The number of aromatic amines is 1. The van der Waals surface area contributed by atoms with Crippen molar-refractivity contribution in [2.45, 2.75) is 20.8 Å². The Bertz CT molecular complexity index is 619. The highest BCUT2D eigenvalue weighted by atomic mass is 16.5. The fourth-order valence-electron chi connectivity index (χ4n) is 2.29. The molecule has 0 saturated heterocycles. The topological polar surface area (TPSA) is 59.2 Å². The average Bonchev–Trinajstić information content (AvgIpc) is 2.88. The largest absolute Gasteiger partial charge is 0.454 e. The van der Waals surface area contributed by atoms with Crippen LogP contribution in [0, 0.1) is 20.8 Å². The first-order chi connectivity index (χ1) is 9.49. The van der Waals surface area contributed by atoms with E-state index in [0.29, 0.717) is 11.3 Å². The molecule has 0 amide bonds. The van der Waals surface area contributed by atoms with E-state index in [1.165, 1.54) is 0 Å². The summed E-state index contributed by atoms with van der Waals surface area (Å²) in [7, 11) is 0. The number of aromatic nitrogens is 1. The third-order valence-electron chi connectivity index (χ3n) is 3.11. The molecule has 104 valence electrons. The van der Waals surface area contributed by atoms with E-state index >= 15 is 0 Å². The van der Waals surface area contributed by atoms with Gasteiger partial charge < -0.3 is 9.72 Å². The molecule has 0 saturated carbocycles. The van der Waals surface area contributed by atoms with Gasteiger partial charge in [0.05, 0.1) is 11.3 Å². The van der Waals surface area contributed by atoms with Crippen LogP contribution in [0.1, 0.15) is 37.5 Å². The molecule has 2 aromatic rings. The maximum atomic E-state index is 12.1. The normalized spacial score (nSPS) is 10.3. The lowest BCUT2D eigenvalue weighted by atomic mass is 10.00. The summed E-state index contributed by atoms with van der Waals surface area (Å²) >= 11 is 0. The van der Waals surface area contributed by atoms with E-state index < -0.39 is 5.97 Å². The fourth-order valence-corrected chi connectivity index (χ4v) is 2.29. The van der Waals surface area contributed by atoms with Crippen LogP contribution >= 0.6 is 0 Å². The van der Waals surface area contributed by atoms with Crippen LogP contribution in [0.5, 0.6) is 0 Å². The Hall–Kier alpha value is -2.36. The van der Waals surface area contributed by atoms with Gasteiger partial charge in [0.15, 0.2) is 6.61 Å². The fraction of sp³-hybridized carbons (Fsp3) is 0.250. The third kappa shape index (κ3) is 2.96. The van der Waals surface area contributed by atoms with Gasteiger partial charge in [-0.2, -0.15) is 0 Å². The second-order valence-electron chi connectivity index (χ2n) is 4.86. The maximum absolute atomic E-state index is 12.1. The molecule has 0 fully saturated rings. The molecule has 0 radical (unpaired) electrons. The minimum Gasteiger partial charge on any atom is -0.454 e. The zero-order chi connectivity index (χ0) is 14.7. The SMILES string of the molecule is Cc1cc(C)c(C(=O)OCC(=O)c2ccc[nH]2)c(C)c1. The van der Waals surface area contributed by atoms with E-state index in [1.54, 1.807) is 18.3 Å². The number of ketones is 1. The number of rotatable bonds is 4. The molecule has 0 aliphatic heterocycles. The van der Waals surface area contributed by atoms with E-state index in [1.807, 2.05) is 32.9 Å². The van der Waals surface area contributed by atoms with Gasteiger partial charge in [-0.25, -0.2) is 4.79 Å². The Kier molecular flexibility index (Phi) is 4.03. The van der Waals surface area contributed by atoms with Crippen molar-refractivity contribution in [3.8, 4) is 0 Å². The molecule has 0 aliphatic carbocycles. The van der Waals surface area contributed by atoms with Crippen molar-refractivity contribution in [2.75, 3.05) is 6.61 Å². The van der Waals surface area contributed by atoms with Gasteiger partial charge in [0, 0.05) is 6.20 Å². The van der Waals surface area contributed by atoms with Crippen LogP contribution < -0.4 is 0 Å². The molecular weight excluding hydrogens is 254 g/mol. The van der Waals surface area contributed by atoms with Crippen LogP contribution in [0.4, 0.5) is 0 Å². The summed E-state index contributed by atoms with van der Waals surface area (Å²) in [5, 5.41) is 0. The second kappa shape index (κ2) is 5.74. The minimum atomic E-state index is -0.458. The Morgan fingerprint density at radius 1 is 1.15 bits per heavy atom. The van der Waals surface area contributed by atoms with Gasteiger partial charge in [-0.15, -0.1) is 0 Å². The summed E-state index contributed by atoms with van der Waals surface area (Å²) in [6.07, 6.45) is 1.66. The number of ether oxygens (including phenoxy) is 1. The van der Waals surface area contributed by atoms with Crippen molar-refractivity contribution in [2.24, 2.45) is 0 Å². The summed E-state index contributed by atoms with van der Waals surface area (Å²) in [4.78, 5) is 26.6. The van der Waals surface area contributed by atoms with Crippen LogP contribution in [0.2, 0.25) is 0 Å². The molecule has 0 unspecified atom stereocenters. The molecule has 0 bridgehead atoms. The number of hydrogen-bond acceptors (Lipinski definition) is 3. The number of aryl methyl sites for hydroxylation is 3. The standard InChI is InChI=1S/C16H17NO3/c1-10-7-11(2)15(12(3)8-10)16(19)20-9-14(18)13-5-4-6-17-13/h4-8,17H,9H2,1-3H3. The maximum Gasteiger partial charge on any atom is 0.339 e. The lowest BCUT2D eigenvalue weighted by molar-refractivity contribution is 0.0472.